The number of nitrogens with one attached hydrogen (secondary N) is 2. The standard InChI is InChI=1S/C11H23N3O/c1-3-14(10-4-5-10)9-8-13-7-6-11(15)12-2/h10,13H,3-9H2,1-2H3,(H,12,15). The van der Waals surface area contributed by atoms with E-state index in [0.29, 0.717) is 6.42 Å². The van der Waals surface area contributed by atoms with Crippen LogP contribution in [0.1, 0.15) is 26.2 Å². The first-order valence-electron chi connectivity index (χ1n) is 5.93. The third-order valence-electron chi connectivity index (χ3n) is 2.85. The molecule has 0 aliphatic heterocycles. The number of amides is 1. The van der Waals surface area contributed by atoms with Crippen molar-refractivity contribution in [1.82, 2.24) is 15.5 Å². The van der Waals surface area contributed by atoms with Crippen LogP contribution in [-0.4, -0.2) is 50.1 Å². The normalized spacial score (nSPS) is 15.7. The van der Waals surface area contributed by atoms with Gasteiger partial charge in [0, 0.05) is 39.1 Å². The number of nitrogens with zero attached hydrogens (tertiary/aromatic N) is 1. The fourth-order valence-electron chi connectivity index (χ4n) is 1.71. The Labute approximate surface area is 92.4 Å². The van der Waals surface area contributed by atoms with Crippen molar-refractivity contribution in [3.63, 3.8) is 0 Å². The molecule has 0 unspecified atom stereocenters. The van der Waals surface area contributed by atoms with Gasteiger partial charge in [-0.1, -0.05) is 6.92 Å². The number of carbonyl (C=O) groups excluding carboxylic acids is 1. The van der Waals surface area contributed by atoms with E-state index in [9.17, 15) is 4.79 Å². The van der Waals surface area contributed by atoms with E-state index in [4.69, 9.17) is 0 Å². The lowest BCUT2D eigenvalue weighted by molar-refractivity contribution is -0.120. The summed E-state index contributed by atoms with van der Waals surface area (Å²) >= 11 is 0. The van der Waals surface area contributed by atoms with Crippen LogP contribution in [0.5, 0.6) is 0 Å². The Morgan fingerprint density at radius 1 is 1.40 bits per heavy atom. The molecular weight excluding hydrogens is 190 g/mol. The Morgan fingerprint density at radius 3 is 2.67 bits per heavy atom. The van der Waals surface area contributed by atoms with Crippen molar-refractivity contribution in [2.75, 3.05) is 33.2 Å². The first kappa shape index (κ1) is 12.5. The molecule has 1 rings (SSSR count). The van der Waals surface area contributed by atoms with E-state index < -0.39 is 0 Å². The summed E-state index contributed by atoms with van der Waals surface area (Å²) in [6.07, 6.45) is 3.31. The van der Waals surface area contributed by atoms with E-state index in [1.54, 1.807) is 7.05 Å². The lowest BCUT2D eigenvalue weighted by atomic mass is 10.4. The zero-order valence-electron chi connectivity index (χ0n) is 9.88. The van der Waals surface area contributed by atoms with Gasteiger partial charge in [0.25, 0.3) is 0 Å². The van der Waals surface area contributed by atoms with Gasteiger partial charge in [0.2, 0.25) is 5.91 Å². The lowest BCUT2D eigenvalue weighted by Crippen LogP contribution is -2.34. The fourth-order valence-corrected chi connectivity index (χ4v) is 1.71. The molecule has 1 aliphatic carbocycles. The summed E-state index contributed by atoms with van der Waals surface area (Å²) in [6, 6.07) is 0.843. The number of hydrogen-bond donors (Lipinski definition) is 2. The Morgan fingerprint density at radius 2 is 2.13 bits per heavy atom. The van der Waals surface area contributed by atoms with Gasteiger partial charge in [-0.15, -0.1) is 0 Å². The third-order valence-corrected chi connectivity index (χ3v) is 2.85. The molecule has 1 fully saturated rings. The van der Waals surface area contributed by atoms with Crippen molar-refractivity contribution in [2.45, 2.75) is 32.2 Å². The number of carbonyl (C=O) groups is 1. The van der Waals surface area contributed by atoms with E-state index in [0.717, 1.165) is 32.2 Å². The van der Waals surface area contributed by atoms with Gasteiger partial charge in [-0.05, 0) is 19.4 Å². The fraction of sp³-hybridized carbons (Fsp3) is 0.909. The second-order valence-electron chi connectivity index (χ2n) is 4.03. The summed E-state index contributed by atoms with van der Waals surface area (Å²) in [5.41, 5.74) is 0. The summed E-state index contributed by atoms with van der Waals surface area (Å²) in [4.78, 5) is 13.4. The summed E-state index contributed by atoms with van der Waals surface area (Å²) in [5, 5.41) is 5.91. The van der Waals surface area contributed by atoms with Gasteiger partial charge < -0.3 is 10.6 Å². The van der Waals surface area contributed by atoms with E-state index in [1.807, 2.05) is 0 Å². The highest BCUT2D eigenvalue weighted by molar-refractivity contribution is 5.75. The van der Waals surface area contributed by atoms with Gasteiger partial charge in [-0.3, -0.25) is 9.69 Å². The zero-order valence-corrected chi connectivity index (χ0v) is 9.88. The Bertz CT molecular complexity index is 192. The smallest absolute Gasteiger partial charge is 0.221 e. The van der Waals surface area contributed by atoms with E-state index in [2.05, 4.69) is 22.5 Å². The first-order chi connectivity index (χ1) is 7.27. The van der Waals surface area contributed by atoms with Crippen molar-refractivity contribution < 1.29 is 4.79 Å². The molecule has 88 valence electrons. The van der Waals surface area contributed by atoms with E-state index in [1.165, 1.54) is 12.8 Å². The largest absolute Gasteiger partial charge is 0.359 e. The quantitative estimate of drug-likeness (QED) is 0.566. The van der Waals surface area contributed by atoms with Crippen molar-refractivity contribution in [1.29, 1.82) is 0 Å². The van der Waals surface area contributed by atoms with Gasteiger partial charge in [0.15, 0.2) is 0 Å². The summed E-state index contributed by atoms with van der Waals surface area (Å²) in [7, 11) is 1.67. The SMILES string of the molecule is CCN(CCNCCC(=O)NC)C1CC1. The summed E-state index contributed by atoms with van der Waals surface area (Å²) in [6.45, 7) is 6.22. The highest BCUT2D eigenvalue weighted by atomic mass is 16.1. The summed E-state index contributed by atoms with van der Waals surface area (Å²) < 4.78 is 0. The van der Waals surface area contributed by atoms with Crippen LogP contribution in [-0.2, 0) is 4.79 Å². The van der Waals surface area contributed by atoms with Gasteiger partial charge in [0.1, 0.15) is 0 Å². The molecule has 0 bridgehead atoms. The molecule has 1 saturated carbocycles. The molecular formula is C11H23N3O. The highest BCUT2D eigenvalue weighted by Gasteiger charge is 2.26. The average Bonchev–Trinajstić information content (AvgIpc) is 3.06. The Balaban J connectivity index is 1.93. The van der Waals surface area contributed by atoms with Crippen molar-refractivity contribution in [3.8, 4) is 0 Å². The molecule has 4 heteroatoms. The van der Waals surface area contributed by atoms with Crippen molar-refractivity contribution in [2.24, 2.45) is 0 Å². The molecule has 1 amide bonds. The summed E-state index contributed by atoms with van der Waals surface area (Å²) in [5.74, 6) is 0.108. The molecule has 0 radical (unpaired) electrons. The molecule has 0 atom stereocenters. The Kier molecular flexibility index (Phi) is 5.65. The third kappa shape index (κ3) is 5.14. The molecule has 0 aromatic carbocycles. The van der Waals surface area contributed by atoms with E-state index in [-0.39, 0.29) is 5.91 Å². The zero-order chi connectivity index (χ0) is 11.1. The number of rotatable bonds is 8. The molecule has 0 saturated heterocycles. The van der Waals surface area contributed by atoms with Crippen molar-refractivity contribution >= 4 is 5.91 Å². The molecule has 1 aliphatic rings. The van der Waals surface area contributed by atoms with Crippen LogP contribution in [0, 0.1) is 0 Å². The molecule has 15 heavy (non-hydrogen) atoms. The van der Waals surface area contributed by atoms with E-state index >= 15 is 0 Å². The molecule has 2 N–H and O–H groups in total. The highest BCUT2D eigenvalue weighted by Crippen LogP contribution is 2.25. The number of hydrogen-bond acceptors (Lipinski definition) is 3. The maximum atomic E-state index is 10.9. The maximum Gasteiger partial charge on any atom is 0.221 e. The van der Waals surface area contributed by atoms with Crippen LogP contribution in [0.25, 0.3) is 0 Å². The minimum Gasteiger partial charge on any atom is -0.359 e. The molecule has 0 aromatic rings. The second-order valence-corrected chi connectivity index (χ2v) is 4.03. The monoisotopic (exact) mass is 213 g/mol. The van der Waals surface area contributed by atoms with Crippen LogP contribution >= 0.6 is 0 Å². The predicted octanol–water partition coefficient (Wildman–Crippen LogP) is 0.196. The number of likely N-dealkylation sites (N-methyl/N-ethyl adjacent to an activating group) is 1. The minimum atomic E-state index is 0.108. The first-order valence-corrected chi connectivity index (χ1v) is 5.93. The van der Waals surface area contributed by atoms with Gasteiger partial charge in [0.05, 0.1) is 0 Å². The second kappa shape index (κ2) is 6.80. The van der Waals surface area contributed by atoms with Gasteiger partial charge in [-0.2, -0.15) is 0 Å². The molecule has 0 aromatic heterocycles. The van der Waals surface area contributed by atoms with Gasteiger partial charge in [-0.25, -0.2) is 0 Å². The van der Waals surface area contributed by atoms with Crippen LogP contribution in [0.15, 0.2) is 0 Å². The maximum absolute atomic E-state index is 10.9. The molecule has 4 nitrogen and oxygen atoms in total. The van der Waals surface area contributed by atoms with Crippen LogP contribution in [0.2, 0.25) is 0 Å². The van der Waals surface area contributed by atoms with Gasteiger partial charge >= 0.3 is 0 Å². The topological polar surface area (TPSA) is 44.4 Å². The van der Waals surface area contributed by atoms with Crippen molar-refractivity contribution in [3.05, 3.63) is 0 Å². The Hall–Kier alpha value is -0.610. The van der Waals surface area contributed by atoms with Crippen LogP contribution in [0.4, 0.5) is 0 Å². The average molecular weight is 213 g/mol. The molecule has 0 heterocycles. The van der Waals surface area contributed by atoms with Crippen LogP contribution in [0.3, 0.4) is 0 Å². The minimum absolute atomic E-state index is 0.108. The molecule has 0 spiro atoms. The van der Waals surface area contributed by atoms with Crippen LogP contribution < -0.4 is 10.6 Å². The predicted molar refractivity (Wildman–Crippen MR) is 61.8 cm³/mol. The lowest BCUT2D eigenvalue weighted by Gasteiger charge is -2.19.